The van der Waals surface area contributed by atoms with E-state index < -0.39 is 40.6 Å². The van der Waals surface area contributed by atoms with Crippen molar-refractivity contribution in [3.05, 3.63) is 43.8 Å². The molecular formula is C19H20N2O9S. The summed E-state index contributed by atoms with van der Waals surface area (Å²) in [6.07, 6.45) is 0. The number of hydrogen-bond donors (Lipinski definition) is 1. The number of nitro benzene ring substituents is 1. The van der Waals surface area contributed by atoms with Crippen molar-refractivity contribution in [3.8, 4) is 11.5 Å². The van der Waals surface area contributed by atoms with Gasteiger partial charge in [0.05, 0.1) is 37.9 Å². The van der Waals surface area contributed by atoms with Crippen LogP contribution >= 0.6 is 11.3 Å². The van der Waals surface area contributed by atoms with E-state index >= 15 is 0 Å². The molecule has 0 unspecified atom stereocenters. The van der Waals surface area contributed by atoms with Crippen molar-refractivity contribution in [2.45, 2.75) is 13.8 Å². The molecule has 11 nitrogen and oxygen atoms in total. The van der Waals surface area contributed by atoms with Crippen LogP contribution in [0.2, 0.25) is 0 Å². The lowest BCUT2D eigenvalue weighted by Gasteiger charge is -2.11. The van der Waals surface area contributed by atoms with Crippen LogP contribution in [-0.2, 0) is 14.3 Å². The first kappa shape index (κ1) is 23.6. The Morgan fingerprint density at radius 2 is 1.68 bits per heavy atom. The summed E-state index contributed by atoms with van der Waals surface area (Å²) in [5.74, 6) is -2.31. The fourth-order valence-electron chi connectivity index (χ4n) is 2.62. The normalized spacial score (nSPS) is 10.2. The molecule has 12 heteroatoms. The molecule has 1 aromatic carbocycles. The molecule has 0 radical (unpaired) electrons. The Kier molecular flexibility index (Phi) is 7.53. The summed E-state index contributed by atoms with van der Waals surface area (Å²) < 4.78 is 19.7. The average molecular weight is 452 g/mol. The predicted molar refractivity (Wildman–Crippen MR) is 110 cm³/mol. The Morgan fingerprint density at radius 1 is 1.06 bits per heavy atom. The molecule has 0 fully saturated rings. The summed E-state index contributed by atoms with van der Waals surface area (Å²) >= 11 is 1.17. The zero-order valence-electron chi connectivity index (χ0n) is 17.4. The number of benzene rings is 1. The minimum absolute atomic E-state index is 0.0577. The molecule has 31 heavy (non-hydrogen) atoms. The van der Waals surface area contributed by atoms with Crippen molar-refractivity contribution >= 4 is 39.9 Å². The van der Waals surface area contributed by atoms with Crippen LogP contribution in [-0.4, -0.2) is 50.7 Å². The van der Waals surface area contributed by atoms with E-state index in [9.17, 15) is 24.5 Å². The monoisotopic (exact) mass is 452 g/mol. The van der Waals surface area contributed by atoms with Gasteiger partial charge in [0, 0.05) is 10.9 Å². The average Bonchev–Trinajstić information content (AvgIpc) is 3.02. The lowest BCUT2D eigenvalue weighted by Crippen LogP contribution is -2.22. The summed E-state index contributed by atoms with van der Waals surface area (Å²) in [6, 6.07) is 2.12. The molecule has 1 amide bonds. The highest BCUT2D eigenvalue weighted by molar-refractivity contribution is 7.16. The van der Waals surface area contributed by atoms with Gasteiger partial charge < -0.3 is 24.3 Å². The number of ether oxygens (including phenoxy) is 4. The van der Waals surface area contributed by atoms with Crippen LogP contribution in [0, 0.1) is 24.0 Å². The van der Waals surface area contributed by atoms with Gasteiger partial charge in [-0.3, -0.25) is 14.9 Å². The highest BCUT2D eigenvalue weighted by Gasteiger charge is 2.27. The number of thiophene rings is 1. The predicted octanol–water partition coefficient (Wildman–Crippen LogP) is 2.87. The minimum Gasteiger partial charge on any atom is -0.493 e. The number of carbonyl (C=O) groups excluding carboxylic acids is 3. The molecule has 0 aliphatic rings. The minimum atomic E-state index is -1.10. The zero-order chi connectivity index (χ0) is 23.3. The van der Waals surface area contributed by atoms with Gasteiger partial charge >= 0.3 is 11.9 Å². The molecule has 0 bridgehead atoms. The van der Waals surface area contributed by atoms with E-state index in [-0.39, 0.29) is 22.1 Å². The number of aryl methyl sites for hydroxylation is 1. The number of esters is 2. The number of nitrogens with one attached hydrogen (secondary N) is 1. The van der Waals surface area contributed by atoms with Crippen LogP contribution in [0.3, 0.4) is 0 Å². The Morgan fingerprint density at radius 3 is 2.23 bits per heavy atom. The molecule has 166 valence electrons. The molecule has 0 saturated carbocycles. The van der Waals surface area contributed by atoms with Gasteiger partial charge in [-0.25, -0.2) is 9.59 Å². The number of rotatable bonds is 8. The summed E-state index contributed by atoms with van der Waals surface area (Å²) in [4.78, 5) is 48.0. The van der Waals surface area contributed by atoms with Gasteiger partial charge in [-0.15, -0.1) is 11.3 Å². The highest BCUT2D eigenvalue weighted by atomic mass is 32.1. The first-order valence-electron chi connectivity index (χ1n) is 8.70. The van der Waals surface area contributed by atoms with Gasteiger partial charge in [0.1, 0.15) is 10.6 Å². The third-order valence-corrected chi connectivity index (χ3v) is 5.40. The smallest absolute Gasteiger partial charge is 0.345 e. The van der Waals surface area contributed by atoms with Crippen LogP contribution < -0.4 is 14.8 Å². The molecule has 0 aliphatic carbocycles. The highest BCUT2D eigenvalue weighted by Crippen LogP contribution is 2.35. The number of nitrogens with zero attached hydrogens (tertiary/aromatic N) is 1. The summed E-state index contributed by atoms with van der Waals surface area (Å²) in [7, 11) is 3.81. The third kappa shape index (κ3) is 5.09. The van der Waals surface area contributed by atoms with Gasteiger partial charge in [-0.2, -0.15) is 0 Å². The number of hydrogen-bond acceptors (Lipinski definition) is 10. The second-order valence-electron chi connectivity index (χ2n) is 6.08. The van der Waals surface area contributed by atoms with Gasteiger partial charge in [0.2, 0.25) is 0 Å². The number of nitro groups is 1. The van der Waals surface area contributed by atoms with Gasteiger partial charge in [0.25, 0.3) is 11.6 Å². The van der Waals surface area contributed by atoms with Crippen LogP contribution in [0.5, 0.6) is 11.5 Å². The number of methoxy groups -OCH3 is 3. The van der Waals surface area contributed by atoms with Crippen molar-refractivity contribution in [1.82, 2.24) is 0 Å². The van der Waals surface area contributed by atoms with E-state index in [1.807, 2.05) is 0 Å². The second-order valence-corrected chi connectivity index (χ2v) is 7.31. The van der Waals surface area contributed by atoms with Crippen LogP contribution in [0.25, 0.3) is 0 Å². The van der Waals surface area contributed by atoms with Crippen LogP contribution in [0.4, 0.5) is 10.7 Å². The van der Waals surface area contributed by atoms with Crippen molar-refractivity contribution < 1.29 is 38.3 Å². The topological polar surface area (TPSA) is 143 Å². The number of carbonyl (C=O) groups is 3. The maximum absolute atomic E-state index is 12.4. The molecule has 2 rings (SSSR count). The quantitative estimate of drug-likeness (QED) is 0.363. The number of anilines is 1. The molecule has 1 aromatic heterocycles. The Bertz CT molecular complexity index is 1050. The molecular weight excluding hydrogens is 432 g/mol. The maximum Gasteiger partial charge on any atom is 0.345 e. The van der Waals surface area contributed by atoms with E-state index in [2.05, 4.69) is 5.32 Å². The first-order valence-corrected chi connectivity index (χ1v) is 9.51. The van der Waals surface area contributed by atoms with Crippen LogP contribution in [0.15, 0.2) is 12.1 Å². The first-order chi connectivity index (χ1) is 14.6. The number of amides is 1. The van der Waals surface area contributed by atoms with E-state index in [1.54, 1.807) is 13.8 Å². The fraction of sp³-hybridized carbons (Fsp3) is 0.316. The maximum atomic E-state index is 12.4. The summed E-state index contributed by atoms with van der Waals surface area (Å²) in [6.45, 7) is 2.75. The van der Waals surface area contributed by atoms with E-state index in [1.165, 1.54) is 32.7 Å². The molecule has 0 spiro atoms. The molecule has 0 saturated heterocycles. The van der Waals surface area contributed by atoms with E-state index in [0.717, 1.165) is 17.0 Å². The molecule has 1 N–H and O–H groups in total. The second kappa shape index (κ2) is 9.89. The SMILES string of the molecule is COC(=O)c1c(NC(=O)COC(=O)c2cc(OC)c(OC)cc2[N+](=O)[O-])sc(C)c1C. The lowest BCUT2D eigenvalue weighted by atomic mass is 10.1. The fourth-order valence-corrected chi connectivity index (χ4v) is 3.68. The van der Waals surface area contributed by atoms with E-state index in [0.29, 0.717) is 5.56 Å². The molecule has 0 atom stereocenters. The van der Waals surface area contributed by atoms with Crippen molar-refractivity contribution in [2.24, 2.45) is 0 Å². The standard InChI is InChI=1S/C19H20N2O9S/c1-9-10(2)31-17(16(9)19(24)29-5)20-15(22)8-30-18(23)11-6-13(27-3)14(28-4)7-12(11)21(25)26/h6-7H,8H2,1-5H3,(H,20,22). The van der Waals surface area contributed by atoms with Crippen LogP contribution in [0.1, 0.15) is 31.2 Å². The Labute approximate surface area is 181 Å². The van der Waals surface area contributed by atoms with E-state index in [4.69, 9.17) is 18.9 Å². The van der Waals surface area contributed by atoms with Crippen molar-refractivity contribution in [1.29, 1.82) is 0 Å². The lowest BCUT2D eigenvalue weighted by molar-refractivity contribution is -0.385. The van der Waals surface area contributed by atoms with Gasteiger partial charge in [0.15, 0.2) is 18.1 Å². The summed E-state index contributed by atoms with van der Waals surface area (Å²) in [5, 5.41) is 14.1. The summed E-state index contributed by atoms with van der Waals surface area (Å²) in [5.41, 5.74) is -0.112. The van der Waals surface area contributed by atoms with Crippen molar-refractivity contribution in [3.63, 3.8) is 0 Å². The Balaban J connectivity index is 2.19. The third-order valence-electron chi connectivity index (χ3n) is 4.28. The Hall–Kier alpha value is -3.67. The van der Waals surface area contributed by atoms with Gasteiger partial charge in [-0.1, -0.05) is 0 Å². The largest absolute Gasteiger partial charge is 0.493 e. The molecule has 1 heterocycles. The van der Waals surface area contributed by atoms with Crippen molar-refractivity contribution in [2.75, 3.05) is 33.3 Å². The van der Waals surface area contributed by atoms with Gasteiger partial charge in [-0.05, 0) is 19.4 Å². The molecule has 0 aliphatic heterocycles. The zero-order valence-corrected chi connectivity index (χ0v) is 18.2. The molecule has 2 aromatic rings.